The summed E-state index contributed by atoms with van der Waals surface area (Å²) in [4.78, 5) is 33.5. The second-order valence-electron chi connectivity index (χ2n) is 6.90. The van der Waals surface area contributed by atoms with E-state index in [0.29, 0.717) is 0 Å². The molecule has 3 aromatic rings. The molecule has 0 aliphatic rings. The molecule has 0 heterocycles. The number of carbonyl (C=O) groups is 3. The molecule has 0 radical (unpaired) electrons. The first-order valence-electron chi connectivity index (χ1n) is 9.06. The van der Waals surface area contributed by atoms with Crippen LogP contribution >= 0.6 is 0 Å². The number of carboxylic acids is 3. The average Bonchev–Trinajstić information content (AvgIpc) is 2.74. The zero-order valence-corrected chi connectivity index (χ0v) is 16.1. The van der Waals surface area contributed by atoms with Crippen LogP contribution in [0.1, 0.15) is 47.8 Å². The van der Waals surface area contributed by atoms with Crippen LogP contribution in [-0.4, -0.2) is 39.4 Å². The van der Waals surface area contributed by atoms with Gasteiger partial charge in [-0.2, -0.15) is 13.2 Å². The maximum absolute atomic E-state index is 14.9. The van der Waals surface area contributed by atoms with Gasteiger partial charge in [-0.1, -0.05) is 36.4 Å². The number of carboxylic acid groups (broad SMARTS) is 3. The van der Waals surface area contributed by atoms with Crippen molar-refractivity contribution in [3.05, 3.63) is 106 Å². The summed E-state index contributed by atoms with van der Waals surface area (Å²) in [5.74, 6) is -3.94. The predicted molar refractivity (Wildman–Crippen MR) is 106 cm³/mol. The molecule has 0 fully saturated rings. The van der Waals surface area contributed by atoms with Crippen LogP contribution in [0, 0.1) is 0 Å². The van der Waals surface area contributed by atoms with Gasteiger partial charge in [0, 0.05) is 0 Å². The smallest absolute Gasteiger partial charge is 0.406 e. The minimum Gasteiger partial charge on any atom is -0.478 e. The fraction of sp³-hybridized carbons (Fsp3) is 0.0870. The number of hydrogen-bond acceptors (Lipinski definition) is 3. The maximum Gasteiger partial charge on any atom is 0.406 e. The molecule has 9 heteroatoms. The lowest BCUT2D eigenvalue weighted by molar-refractivity contribution is -0.166. The van der Waals surface area contributed by atoms with E-state index in [-0.39, 0.29) is 33.4 Å². The summed E-state index contributed by atoms with van der Waals surface area (Å²) in [6.45, 7) is 0. The molecule has 0 amide bonds. The van der Waals surface area contributed by atoms with E-state index in [1.165, 1.54) is 0 Å². The Morgan fingerprint density at radius 3 is 0.875 bits per heavy atom. The van der Waals surface area contributed by atoms with Crippen molar-refractivity contribution in [2.45, 2.75) is 11.6 Å². The van der Waals surface area contributed by atoms with Gasteiger partial charge >= 0.3 is 24.1 Å². The van der Waals surface area contributed by atoms with Crippen molar-refractivity contribution in [3.63, 3.8) is 0 Å². The van der Waals surface area contributed by atoms with Crippen molar-refractivity contribution in [2.24, 2.45) is 0 Å². The third kappa shape index (κ3) is 3.80. The van der Waals surface area contributed by atoms with Crippen molar-refractivity contribution in [3.8, 4) is 0 Å². The quantitative estimate of drug-likeness (QED) is 0.476. The summed E-state index contributed by atoms with van der Waals surface area (Å²) in [7, 11) is 0. The fourth-order valence-electron chi connectivity index (χ4n) is 3.58. The molecule has 3 rings (SSSR count). The van der Waals surface area contributed by atoms with E-state index in [4.69, 9.17) is 15.3 Å². The molecule has 0 unspecified atom stereocenters. The normalized spacial score (nSPS) is 11.7. The largest absolute Gasteiger partial charge is 0.478 e. The number of aromatic carboxylic acids is 3. The van der Waals surface area contributed by atoms with E-state index in [2.05, 4.69) is 0 Å². The summed E-state index contributed by atoms with van der Waals surface area (Å²) < 4.78 is 44.6. The van der Waals surface area contributed by atoms with E-state index in [1.807, 2.05) is 0 Å². The molecule has 3 N–H and O–H groups in total. The molecule has 0 spiro atoms. The molecule has 3 aromatic carbocycles. The fourth-order valence-corrected chi connectivity index (χ4v) is 3.58. The lowest BCUT2D eigenvalue weighted by atomic mass is 9.68. The number of halogens is 3. The van der Waals surface area contributed by atoms with Gasteiger partial charge in [0.25, 0.3) is 0 Å². The van der Waals surface area contributed by atoms with E-state index in [1.54, 1.807) is 0 Å². The highest BCUT2D eigenvalue weighted by Gasteiger charge is 2.58. The van der Waals surface area contributed by atoms with E-state index < -0.39 is 29.5 Å². The third-order valence-corrected chi connectivity index (χ3v) is 5.12. The van der Waals surface area contributed by atoms with Crippen molar-refractivity contribution < 1.29 is 42.9 Å². The molecule has 0 saturated heterocycles. The topological polar surface area (TPSA) is 112 Å². The standard InChI is InChI=1S/C23H15F3O6/c24-23(25,26)22(16-7-1-13(2-8-16)19(27)28,17-9-3-14(4-10-17)20(29)30)18-11-5-15(6-12-18)21(31)32/h1-12H,(H,27,28)(H,29,30)(H,31,32). The van der Waals surface area contributed by atoms with Crippen LogP contribution in [-0.2, 0) is 5.41 Å². The third-order valence-electron chi connectivity index (χ3n) is 5.12. The lowest BCUT2D eigenvalue weighted by Gasteiger charge is -2.37. The number of benzene rings is 3. The van der Waals surface area contributed by atoms with Gasteiger partial charge in [-0.05, 0) is 53.1 Å². The Hall–Kier alpha value is -4.14. The molecule has 0 aliphatic carbocycles. The molecule has 0 aromatic heterocycles. The average molecular weight is 444 g/mol. The van der Waals surface area contributed by atoms with Crippen molar-refractivity contribution in [1.82, 2.24) is 0 Å². The molecule has 0 bridgehead atoms. The van der Waals surface area contributed by atoms with E-state index in [9.17, 15) is 27.6 Å². The van der Waals surface area contributed by atoms with Gasteiger partial charge in [-0.25, -0.2) is 14.4 Å². The lowest BCUT2D eigenvalue weighted by Crippen LogP contribution is -2.44. The molecule has 0 atom stereocenters. The number of rotatable bonds is 6. The van der Waals surface area contributed by atoms with Gasteiger partial charge in [0.2, 0.25) is 0 Å². The molecule has 6 nitrogen and oxygen atoms in total. The van der Waals surface area contributed by atoms with Gasteiger partial charge in [0.1, 0.15) is 5.41 Å². The maximum atomic E-state index is 14.9. The Labute approximate surface area is 179 Å². The first-order valence-corrected chi connectivity index (χ1v) is 9.06. The second-order valence-corrected chi connectivity index (χ2v) is 6.90. The summed E-state index contributed by atoms with van der Waals surface area (Å²) in [5.41, 5.74) is -4.42. The molecule has 164 valence electrons. The van der Waals surface area contributed by atoms with Crippen LogP contribution in [0.3, 0.4) is 0 Å². The van der Waals surface area contributed by atoms with Gasteiger partial charge < -0.3 is 15.3 Å². The first-order chi connectivity index (χ1) is 15.0. The Kier molecular flexibility index (Phi) is 5.76. The summed E-state index contributed by atoms with van der Waals surface area (Å²) in [6.07, 6.45) is -4.97. The van der Waals surface area contributed by atoms with Crippen molar-refractivity contribution >= 4 is 17.9 Å². The van der Waals surface area contributed by atoms with Crippen LogP contribution in [0.25, 0.3) is 0 Å². The zero-order chi connectivity index (χ0) is 23.7. The minimum absolute atomic E-state index is 0.215. The molecular weight excluding hydrogens is 429 g/mol. The van der Waals surface area contributed by atoms with E-state index >= 15 is 0 Å². The molecule has 0 aliphatic heterocycles. The zero-order valence-electron chi connectivity index (χ0n) is 16.1. The number of alkyl halides is 3. The monoisotopic (exact) mass is 444 g/mol. The first kappa shape index (κ1) is 22.5. The molecule has 0 saturated carbocycles. The SMILES string of the molecule is O=C(O)c1ccc(C(c2ccc(C(=O)O)cc2)(c2ccc(C(=O)O)cc2)C(F)(F)F)cc1. The van der Waals surface area contributed by atoms with Crippen molar-refractivity contribution in [2.75, 3.05) is 0 Å². The second kappa shape index (κ2) is 8.18. The van der Waals surface area contributed by atoms with Gasteiger partial charge in [-0.15, -0.1) is 0 Å². The Bertz CT molecular complexity index is 1020. The Morgan fingerprint density at radius 2 is 0.719 bits per heavy atom. The Balaban J connectivity index is 2.36. The van der Waals surface area contributed by atoms with Crippen LogP contribution in [0.2, 0.25) is 0 Å². The highest BCUT2D eigenvalue weighted by atomic mass is 19.4. The van der Waals surface area contributed by atoms with Gasteiger partial charge in [-0.3, -0.25) is 0 Å². The highest BCUT2D eigenvalue weighted by Crippen LogP contribution is 2.51. The highest BCUT2D eigenvalue weighted by molar-refractivity contribution is 5.89. The molecule has 32 heavy (non-hydrogen) atoms. The van der Waals surface area contributed by atoms with Crippen molar-refractivity contribution in [1.29, 1.82) is 0 Å². The van der Waals surface area contributed by atoms with E-state index in [0.717, 1.165) is 72.8 Å². The summed E-state index contributed by atoms with van der Waals surface area (Å²) in [6, 6.07) is 12.4. The predicted octanol–water partition coefficient (Wildman–Crippen LogP) is 4.68. The summed E-state index contributed by atoms with van der Waals surface area (Å²) >= 11 is 0. The van der Waals surface area contributed by atoms with Crippen LogP contribution in [0.5, 0.6) is 0 Å². The Morgan fingerprint density at radius 1 is 0.500 bits per heavy atom. The van der Waals surface area contributed by atoms with Crippen LogP contribution in [0.15, 0.2) is 72.8 Å². The summed E-state index contributed by atoms with van der Waals surface area (Å²) in [5, 5.41) is 27.3. The number of hydrogen-bond donors (Lipinski definition) is 3. The molecular formula is C23H15F3O6. The minimum atomic E-state index is -4.97. The van der Waals surface area contributed by atoms with Crippen LogP contribution < -0.4 is 0 Å². The van der Waals surface area contributed by atoms with Crippen LogP contribution in [0.4, 0.5) is 13.2 Å². The van der Waals surface area contributed by atoms with Gasteiger partial charge in [0.15, 0.2) is 0 Å². The van der Waals surface area contributed by atoms with Gasteiger partial charge in [0.05, 0.1) is 16.7 Å².